The summed E-state index contributed by atoms with van der Waals surface area (Å²) in [5.74, 6) is 0.891. The summed E-state index contributed by atoms with van der Waals surface area (Å²) in [4.78, 5) is 25.6. The van der Waals surface area contributed by atoms with Gasteiger partial charge in [0.2, 0.25) is 5.91 Å². The van der Waals surface area contributed by atoms with Crippen molar-refractivity contribution in [2.75, 3.05) is 39.0 Å². The molecule has 7 nitrogen and oxygen atoms in total. The average Bonchev–Trinajstić information content (AvgIpc) is 2.72. The molecule has 2 amide bonds. The summed E-state index contributed by atoms with van der Waals surface area (Å²) in [6.45, 7) is 2.29. The molecule has 8 heteroatoms. The number of thioether (sulfide) groups is 1. The number of nitrogens with one attached hydrogen (secondary N) is 2. The predicted molar refractivity (Wildman–Crippen MR) is 114 cm³/mol. The molecule has 0 aliphatic heterocycles. The van der Waals surface area contributed by atoms with Gasteiger partial charge in [-0.05, 0) is 31.2 Å². The number of carbonyl (C=O) groups excluding carboxylic acids is 2. The summed E-state index contributed by atoms with van der Waals surface area (Å²) in [5, 5.41) is 5.71. The molecule has 156 valence electrons. The van der Waals surface area contributed by atoms with Crippen LogP contribution in [0.3, 0.4) is 0 Å². The molecule has 29 heavy (non-hydrogen) atoms. The lowest BCUT2D eigenvalue weighted by Gasteiger charge is -2.15. The van der Waals surface area contributed by atoms with Crippen molar-refractivity contribution in [2.24, 2.45) is 0 Å². The van der Waals surface area contributed by atoms with Crippen LogP contribution in [0.1, 0.15) is 17.3 Å². The Labute approximate surface area is 175 Å². The van der Waals surface area contributed by atoms with Gasteiger partial charge >= 0.3 is 0 Å². The van der Waals surface area contributed by atoms with Crippen LogP contribution in [0.5, 0.6) is 11.5 Å². The maximum absolute atomic E-state index is 12.5. The molecular formula is C21H26N2O5S. The van der Waals surface area contributed by atoms with E-state index in [0.29, 0.717) is 29.4 Å². The SMILES string of the molecule is COCC(C)NC(=O)c1ccccc1SCC(=O)Nc1ccc(OC)c(OC)c1. The smallest absolute Gasteiger partial charge is 0.252 e. The first-order valence-corrected chi connectivity index (χ1v) is 10.0. The molecule has 0 aromatic heterocycles. The third-order valence-corrected chi connectivity index (χ3v) is 5.03. The molecule has 1 atom stereocenters. The number of hydrogen-bond donors (Lipinski definition) is 2. The fraction of sp³-hybridized carbons (Fsp3) is 0.333. The summed E-state index contributed by atoms with van der Waals surface area (Å²) in [6, 6.07) is 12.2. The van der Waals surface area contributed by atoms with E-state index < -0.39 is 0 Å². The first-order chi connectivity index (χ1) is 14.0. The number of amides is 2. The molecule has 0 radical (unpaired) electrons. The van der Waals surface area contributed by atoms with Crippen molar-refractivity contribution in [2.45, 2.75) is 17.9 Å². The number of hydrogen-bond acceptors (Lipinski definition) is 6. The van der Waals surface area contributed by atoms with Crippen LogP contribution in [0.4, 0.5) is 5.69 Å². The number of benzene rings is 2. The van der Waals surface area contributed by atoms with Crippen molar-refractivity contribution in [3.8, 4) is 11.5 Å². The average molecular weight is 419 g/mol. The standard InChI is InChI=1S/C21H26N2O5S/c1-14(12-26-2)22-21(25)16-7-5-6-8-19(16)29-13-20(24)23-15-9-10-17(27-3)18(11-15)28-4/h5-11,14H,12-13H2,1-4H3,(H,22,25)(H,23,24). The van der Waals surface area contributed by atoms with Crippen LogP contribution in [0, 0.1) is 0 Å². The van der Waals surface area contributed by atoms with Crippen molar-refractivity contribution in [1.29, 1.82) is 0 Å². The van der Waals surface area contributed by atoms with Crippen molar-refractivity contribution in [3.05, 3.63) is 48.0 Å². The molecule has 0 bridgehead atoms. The number of methoxy groups -OCH3 is 3. The lowest BCUT2D eigenvalue weighted by Crippen LogP contribution is -2.35. The van der Waals surface area contributed by atoms with Gasteiger partial charge in [-0.3, -0.25) is 9.59 Å². The molecule has 2 aromatic rings. The zero-order chi connectivity index (χ0) is 21.2. The second kappa shape index (κ2) is 11.3. The van der Waals surface area contributed by atoms with Crippen molar-refractivity contribution in [3.63, 3.8) is 0 Å². The van der Waals surface area contributed by atoms with E-state index in [1.165, 1.54) is 18.9 Å². The van der Waals surface area contributed by atoms with Gasteiger partial charge in [0.05, 0.1) is 32.1 Å². The lowest BCUT2D eigenvalue weighted by atomic mass is 10.2. The highest BCUT2D eigenvalue weighted by Gasteiger charge is 2.15. The Balaban J connectivity index is 1.99. The van der Waals surface area contributed by atoms with Crippen LogP contribution < -0.4 is 20.1 Å². The highest BCUT2D eigenvalue weighted by molar-refractivity contribution is 8.00. The second-order valence-electron chi connectivity index (χ2n) is 6.23. The molecule has 0 saturated heterocycles. The summed E-state index contributed by atoms with van der Waals surface area (Å²) >= 11 is 1.30. The summed E-state index contributed by atoms with van der Waals surface area (Å²) in [7, 11) is 4.68. The zero-order valence-corrected chi connectivity index (χ0v) is 17.8. The van der Waals surface area contributed by atoms with E-state index >= 15 is 0 Å². The van der Waals surface area contributed by atoms with E-state index in [0.717, 1.165) is 4.90 Å². The molecule has 2 aromatic carbocycles. The van der Waals surface area contributed by atoms with Gasteiger partial charge in [0, 0.05) is 29.8 Å². The van der Waals surface area contributed by atoms with Crippen LogP contribution in [0.25, 0.3) is 0 Å². The summed E-state index contributed by atoms with van der Waals surface area (Å²) < 4.78 is 15.5. The fourth-order valence-corrected chi connectivity index (χ4v) is 3.48. The maximum atomic E-state index is 12.5. The van der Waals surface area contributed by atoms with E-state index in [1.54, 1.807) is 44.6 Å². The highest BCUT2D eigenvalue weighted by atomic mass is 32.2. The molecule has 2 rings (SSSR count). The second-order valence-corrected chi connectivity index (χ2v) is 7.25. The number of carbonyl (C=O) groups is 2. The Morgan fingerprint density at radius 3 is 2.45 bits per heavy atom. The quantitative estimate of drug-likeness (QED) is 0.577. The van der Waals surface area contributed by atoms with Gasteiger partial charge in [0.1, 0.15) is 0 Å². The van der Waals surface area contributed by atoms with E-state index in [-0.39, 0.29) is 23.6 Å². The Bertz CT molecular complexity index is 844. The Hall–Kier alpha value is -2.71. The van der Waals surface area contributed by atoms with Gasteiger partial charge in [0.15, 0.2) is 11.5 Å². The predicted octanol–water partition coefficient (Wildman–Crippen LogP) is 3.20. The number of rotatable bonds is 10. The maximum Gasteiger partial charge on any atom is 0.252 e. The Morgan fingerprint density at radius 1 is 1.03 bits per heavy atom. The summed E-state index contributed by atoms with van der Waals surface area (Å²) in [6.07, 6.45) is 0. The Morgan fingerprint density at radius 2 is 1.76 bits per heavy atom. The monoisotopic (exact) mass is 418 g/mol. The van der Waals surface area contributed by atoms with Crippen LogP contribution in [-0.2, 0) is 9.53 Å². The van der Waals surface area contributed by atoms with Gasteiger partial charge in [-0.1, -0.05) is 12.1 Å². The molecule has 0 aliphatic rings. The molecular weight excluding hydrogens is 392 g/mol. The fourth-order valence-electron chi connectivity index (χ4n) is 2.63. The third-order valence-electron chi connectivity index (χ3n) is 3.95. The largest absolute Gasteiger partial charge is 0.493 e. The van der Waals surface area contributed by atoms with E-state index in [1.807, 2.05) is 19.1 Å². The molecule has 1 unspecified atom stereocenters. The van der Waals surface area contributed by atoms with Crippen LogP contribution in [-0.4, -0.2) is 51.5 Å². The van der Waals surface area contributed by atoms with Crippen LogP contribution in [0.2, 0.25) is 0 Å². The van der Waals surface area contributed by atoms with Crippen molar-refractivity contribution < 1.29 is 23.8 Å². The summed E-state index contributed by atoms with van der Waals surface area (Å²) in [5.41, 5.74) is 1.13. The van der Waals surface area contributed by atoms with Gasteiger partial charge in [-0.15, -0.1) is 11.8 Å². The van der Waals surface area contributed by atoms with E-state index in [4.69, 9.17) is 14.2 Å². The minimum absolute atomic E-state index is 0.112. The Kier molecular flexibility index (Phi) is 8.82. The van der Waals surface area contributed by atoms with Crippen LogP contribution in [0.15, 0.2) is 47.4 Å². The molecule has 0 aliphatic carbocycles. The highest BCUT2D eigenvalue weighted by Crippen LogP contribution is 2.30. The molecule has 0 spiro atoms. The normalized spacial score (nSPS) is 11.4. The van der Waals surface area contributed by atoms with Gasteiger partial charge in [-0.25, -0.2) is 0 Å². The van der Waals surface area contributed by atoms with Crippen molar-refractivity contribution in [1.82, 2.24) is 5.32 Å². The van der Waals surface area contributed by atoms with Gasteiger partial charge in [-0.2, -0.15) is 0 Å². The molecule has 0 fully saturated rings. The number of anilines is 1. The van der Waals surface area contributed by atoms with Gasteiger partial charge < -0.3 is 24.8 Å². The first-order valence-electron chi connectivity index (χ1n) is 9.02. The number of ether oxygens (including phenoxy) is 3. The third kappa shape index (κ3) is 6.69. The minimum Gasteiger partial charge on any atom is -0.493 e. The molecule has 0 heterocycles. The minimum atomic E-state index is -0.196. The van der Waals surface area contributed by atoms with Crippen molar-refractivity contribution >= 4 is 29.3 Å². The first kappa shape index (κ1) is 22.6. The van der Waals surface area contributed by atoms with Crippen LogP contribution >= 0.6 is 11.8 Å². The zero-order valence-electron chi connectivity index (χ0n) is 17.0. The van der Waals surface area contributed by atoms with E-state index in [9.17, 15) is 9.59 Å². The van der Waals surface area contributed by atoms with E-state index in [2.05, 4.69) is 10.6 Å². The topological polar surface area (TPSA) is 85.9 Å². The molecule has 2 N–H and O–H groups in total. The van der Waals surface area contributed by atoms with Gasteiger partial charge in [0.25, 0.3) is 5.91 Å². The molecule has 0 saturated carbocycles. The lowest BCUT2D eigenvalue weighted by molar-refractivity contribution is -0.113.